The lowest BCUT2D eigenvalue weighted by molar-refractivity contribution is 0.177. The molecular weight excluding hydrogens is 194 g/mol. The molecule has 1 heterocycles. The molecule has 2 aliphatic rings. The van der Waals surface area contributed by atoms with Crippen molar-refractivity contribution < 1.29 is 5.11 Å². The normalized spacial score (nSPS) is 43.3. The SMILES string of the molecule is CC1CSCC1NCC1CCC(O)C1. The Morgan fingerprint density at radius 1 is 1.36 bits per heavy atom. The van der Waals surface area contributed by atoms with Gasteiger partial charge in [0.25, 0.3) is 0 Å². The fraction of sp³-hybridized carbons (Fsp3) is 1.00. The van der Waals surface area contributed by atoms with Gasteiger partial charge in [-0.3, -0.25) is 0 Å². The van der Waals surface area contributed by atoms with Crippen molar-refractivity contribution in [2.45, 2.75) is 38.3 Å². The van der Waals surface area contributed by atoms with Crippen LogP contribution in [0.2, 0.25) is 0 Å². The number of rotatable bonds is 3. The molecule has 1 saturated heterocycles. The van der Waals surface area contributed by atoms with Crippen LogP contribution in [0.4, 0.5) is 0 Å². The van der Waals surface area contributed by atoms with E-state index in [1.165, 1.54) is 17.9 Å². The zero-order valence-electron chi connectivity index (χ0n) is 8.91. The minimum Gasteiger partial charge on any atom is -0.393 e. The Labute approximate surface area is 90.8 Å². The molecule has 1 aliphatic carbocycles. The Balaban J connectivity index is 1.67. The van der Waals surface area contributed by atoms with E-state index in [9.17, 15) is 5.11 Å². The molecule has 0 aromatic rings. The maximum absolute atomic E-state index is 9.41. The number of thioether (sulfide) groups is 1. The predicted molar refractivity (Wildman–Crippen MR) is 61.6 cm³/mol. The molecule has 0 amide bonds. The van der Waals surface area contributed by atoms with Gasteiger partial charge in [-0.05, 0) is 43.4 Å². The molecule has 82 valence electrons. The summed E-state index contributed by atoms with van der Waals surface area (Å²) in [5, 5.41) is 13.1. The van der Waals surface area contributed by atoms with Crippen LogP contribution in [0, 0.1) is 11.8 Å². The molecule has 0 aromatic heterocycles. The summed E-state index contributed by atoms with van der Waals surface area (Å²) >= 11 is 2.06. The van der Waals surface area contributed by atoms with E-state index in [0.717, 1.165) is 37.3 Å². The number of hydrogen-bond donors (Lipinski definition) is 2. The van der Waals surface area contributed by atoms with E-state index >= 15 is 0 Å². The van der Waals surface area contributed by atoms with Gasteiger partial charge in [0.2, 0.25) is 0 Å². The molecule has 0 bridgehead atoms. The molecule has 0 radical (unpaired) electrons. The summed E-state index contributed by atoms with van der Waals surface area (Å²) in [6, 6.07) is 0.720. The Bertz CT molecular complexity index is 188. The van der Waals surface area contributed by atoms with Gasteiger partial charge in [0, 0.05) is 11.8 Å². The maximum atomic E-state index is 9.41. The first-order valence-corrected chi connectivity index (χ1v) is 6.90. The van der Waals surface area contributed by atoms with Crippen LogP contribution >= 0.6 is 11.8 Å². The van der Waals surface area contributed by atoms with Gasteiger partial charge >= 0.3 is 0 Å². The van der Waals surface area contributed by atoms with Gasteiger partial charge in [-0.15, -0.1) is 0 Å². The second kappa shape index (κ2) is 4.86. The standard InChI is InChI=1S/C11H21NOS/c1-8-6-14-7-11(8)12-5-9-2-3-10(13)4-9/h8-13H,2-7H2,1H3. The van der Waals surface area contributed by atoms with E-state index < -0.39 is 0 Å². The fourth-order valence-corrected chi connectivity index (χ4v) is 3.91. The highest BCUT2D eigenvalue weighted by Crippen LogP contribution is 2.27. The van der Waals surface area contributed by atoms with Gasteiger partial charge < -0.3 is 10.4 Å². The van der Waals surface area contributed by atoms with Crippen molar-refractivity contribution in [3.63, 3.8) is 0 Å². The largest absolute Gasteiger partial charge is 0.393 e. The molecule has 2 N–H and O–H groups in total. The highest BCUT2D eigenvalue weighted by molar-refractivity contribution is 7.99. The smallest absolute Gasteiger partial charge is 0.0543 e. The lowest BCUT2D eigenvalue weighted by atomic mass is 10.0. The van der Waals surface area contributed by atoms with Crippen molar-refractivity contribution in [3.05, 3.63) is 0 Å². The molecule has 0 aromatic carbocycles. The highest BCUT2D eigenvalue weighted by Gasteiger charge is 2.27. The van der Waals surface area contributed by atoms with Crippen LogP contribution in [0.25, 0.3) is 0 Å². The topological polar surface area (TPSA) is 32.3 Å². The number of hydrogen-bond acceptors (Lipinski definition) is 3. The lowest BCUT2D eigenvalue weighted by Gasteiger charge is -2.19. The molecule has 2 rings (SSSR count). The first-order chi connectivity index (χ1) is 6.75. The third-order valence-corrected chi connectivity index (χ3v) is 4.90. The first kappa shape index (κ1) is 10.8. The first-order valence-electron chi connectivity index (χ1n) is 5.75. The van der Waals surface area contributed by atoms with E-state index in [1.54, 1.807) is 0 Å². The summed E-state index contributed by atoms with van der Waals surface area (Å²) in [4.78, 5) is 0. The summed E-state index contributed by atoms with van der Waals surface area (Å²) in [6.45, 7) is 3.45. The predicted octanol–water partition coefficient (Wildman–Crippen LogP) is 1.49. The molecular formula is C11H21NOS. The van der Waals surface area contributed by atoms with Crippen LogP contribution in [-0.2, 0) is 0 Å². The molecule has 4 atom stereocenters. The van der Waals surface area contributed by atoms with Gasteiger partial charge in [-0.2, -0.15) is 11.8 Å². The van der Waals surface area contributed by atoms with Gasteiger partial charge in [0.05, 0.1) is 6.10 Å². The Morgan fingerprint density at radius 2 is 2.21 bits per heavy atom. The molecule has 0 spiro atoms. The molecule has 2 fully saturated rings. The van der Waals surface area contributed by atoms with Crippen molar-refractivity contribution in [1.29, 1.82) is 0 Å². The van der Waals surface area contributed by atoms with Crippen molar-refractivity contribution in [1.82, 2.24) is 5.32 Å². The maximum Gasteiger partial charge on any atom is 0.0543 e. The van der Waals surface area contributed by atoms with Crippen molar-refractivity contribution in [2.75, 3.05) is 18.1 Å². The number of nitrogens with one attached hydrogen (secondary N) is 1. The average molecular weight is 215 g/mol. The monoisotopic (exact) mass is 215 g/mol. The molecule has 3 heteroatoms. The summed E-state index contributed by atoms with van der Waals surface area (Å²) in [5.41, 5.74) is 0. The van der Waals surface area contributed by atoms with Crippen LogP contribution in [0.5, 0.6) is 0 Å². The van der Waals surface area contributed by atoms with Crippen LogP contribution in [0.3, 0.4) is 0 Å². The van der Waals surface area contributed by atoms with E-state index in [4.69, 9.17) is 0 Å². The van der Waals surface area contributed by atoms with Crippen molar-refractivity contribution >= 4 is 11.8 Å². The summed E-state index contributed by atoms with van der Waals surface area (Å²) < 4.78 is 0. The van der Waals surface area contributed by atoms with Crippen LogP contribution in [0.1, 0.15) is 26.2 Å². The second-order valence-corrected chi connectivity index (χ2v) is 5.94. The van der Waals surface area contributed by atoms with E-state index in [-0.39, 0.29) is 6.10 Å². The average Bonchev–Trinajstić information content (AvgIpc) is 2.72. The Morgan fingerprint density at radius 3 is 2.79 bits per heavy atom. The molecule has 4 unspecified atom stereocenters. The third kappa shape index (κ3) is 2.65. The van der Waals surface area contributed by atoms with Crippen molar-refractivity contribution in [3.8, 4) is 0 Å². The summed E-state index contributed by atoms with van der Waals surface area (Å²) in [6.07, 6.45) is 3.22. The summed E-state index contributed by atoms with van der Waals surface area (Å²) in [7, 11) is 0. The van der Waals surface area contributed by atoms with E-state index in [1.807, 2.05) is 0 Å². The van der Waals surface area contributed by atoms with Gasteiger partial charge in [0.15, 0.2) is 0 Å². The van der Waals surface area contributed by atoms with Crippen LogP contribution in [0.15, 0.2) is 0 Å². The second-order valence-electron chi connectivity index (χ2n) is 4.86. The Hall–Kier alpha value is 0.270. The molecule has 1 aliphatic heterocycles. The lowest BCUT2D eigenvalue weighted by Crippen LogP contribution is -2.37. The molecule has 1 saturated carbocycles. The molecule has 14 heavy (non-hydrogen) atoms. The van der Waals surface area contributed by atoms with Gasteiger partial charge in [0.1, 0.15) is 0 Å². The van der Waals surface area contributed by atoms with E-state index in [2.05, 4.69) is 24.0 Å². The van der Waals surface area contributed by atoms with Crippen LogP contribution in [-0.4, -0.2) is 35.3 Å². The Kier molecular flexibility index (Phi) is 3.74. The minimum absolute atomic E-state index is 0.0165. The van der Waals surface area contributed by atoms with Gasteiger partial charge in [-0.25, -0.2) is 0 Å². The fourth-order valence-electron chi connectivity index (χ4n) is 2.47. The zero-order chi connectivity index (χ0) is 9.97. The summed E-state index contributed by atoms with van der Waals surface area (Å²) in [5.74, 6) is 4.13. The minimum atomic E-state index is -0.0165. The zero-order valence-corrected chi connectivity index (χ0v) is 9.72. The van der Waals surface area contributed by atoms with Gasteiger partial charge in [-0.1, -0.05) is 6.92 Å². The highest BCUT2D eigenvalue weighted by atomic mass is 32.2. The number of aliphatic hydroxyl groups is 1. The molecule has 2 nitrogen and oxygen atoms in total. The van der Waals surface area contributed by atoms with Crippen LogP contribution < -0.4 is 5.32 Å². The van der Waals surface area contributed by atoms with E-state index in [0.29, 0.717) is 0 Å². The van der Waals surface area contributed by atoms with Crippen molar-refractivity contribution in [2.24, 2.45) is 11.8 Å². The quantitative estimate of drug-likeness (QED) is 0.748. The third-order valence-electron chi connectivity index (χ3n) is 3.55. The number of aliphatic hydroxyl groups excluding tert-OH is 1.